The van der Waals surface area contributed by atoms with Crippen molar-refractivity contribution in [2.24, 2.45) is 5.92 Å². The molecule has 8 nitrogen and oxygen atoms in total. The zero-order chi connectivity index (χ0) is 22.2. The first kappa shape index (κ1) is 20.1. The van der Waals surface area contributed by atoms with E-state index in [1.165, 1.54) is 5.56 Å². The molecule has 1 saturated carbocycles. The fourth-order valence-corrected chi connectivity index (χ4v) is 4.58. The average Bonchev–Trinajstić information content (AvgIpc) is 3.38. The van der Waals surface area contributed by atoms with Crippen LogP contribution in [0.25, 0.3) is 22.4 Å². The number of hydrogen-bond acceptors (Lipinski definition) is 5. The van der Waals surface area contributed by atoms with Gasteiger partial charge >= 0.3 is 0 Å². The summed E-state index contributed by atoms with van der Waals surface area (Å²) >= 11 is 0. The van der Waals surface area contributed by atoms with Crippen LogP contribution >= 0.6 is 0 Å². The summed E-state index contributed by atoms with van der Waals surface area (Å²) in [5.74, 6) is 2.43. The van der Waals surface area contributed by atoms with Gasteiger partial charge in [0.1, 0.15) is 11.6 Å². The molecule has 2 aliphatic rings. The summed E-state index contributed by atoms with van der Waals surface area (Å²) in [4.78, 5) is 37.0. The van der Waals surface area contributed by atoms with Gasteiger partial charge in [0.25, 0.3) is 0 Å². The van der Waals surface area contributed by atoms with Crippen molar-refractivity contribution in [2.75, 3.05) is 26.2 Å². The highest BCUT2D eigenvalue weighted by atomic mass is 16.2. The number of benzene rings is 1. The normalized spacial score (nSPS) is 17.0. The van der Waals surface area contributed by atoms with Gasteiger partial charge in [-0.05, 0) is 48.7 Å². The highest BCUT2D eigenvalue weighted by Gasteiger charge is 2.34. The number of amides is 1. The fourth-order valence-electron chi connectivity index (χ4n) is 4.58. The summed E-state index contributed by atoms with van der Waals surface area (Å²) in [6.45, 7) is 4.42. The SMILES string of the molecule is O=C(C1CC1)N1CCN(Cc2ccnc(Cc3nc4ccc(-c5ncc[nH]5)cc4[nH]3)c2)CC1. The largest absolute Gasteiger partial charge is 0.345 e. The molecule has 1 aliphatic carbocycles. The molecule has 1 aromatic carbocycles. The van der Waals surface area contributed by atoms with Crippen LogP contribution in [-0.2, 0) is 17.8 Å². The number of aromatic amines is 2. The number of carbonyl (C=O) groups excluding carboxylic acids is 1. The second-order valence-electron chi connectivity index (χ2n) is 9.06. The molecule has 0 unspecified atom stereocenters. The maximum atomic E-state index is 12.3. The summed E-state index contributed by atoms with van der Waals surface area (Å²) < 4.78 is 0. The van der Waals surface area contributed by atoms with Crippen LogP contribution in [0.15, 0.2) is 48.9 Å². The standard InChI is InChI=1S/C25H27N7O/c33-25(18-1-2-18)32-11-9-31(10-12-32)16-17-5-6-26-20(13-17)15-23-29-21-4-3-19(14-22(21)30-23)24-27-7-8-28-24/h3-8,13-14,18H,1-2,9-12,15-16H2,(H,27,28)(H,29,30). The minimum Gasteiger partial charge on any atom is -0.345 e. The highest BCUT2D eigenvalue weighted by Crippen LogP contribution is 2.31. The Bertz CT molecular complexity index is 1270. The van der Waals surface area contributed by atoms with Crippen LogP contribution in [0, 0.1) is 5.92 Å². The van der Waals surface area contributed by atoms with Crippen molar-refractivity contribution in [3.8, 4) is 11.4 Å². The highest BCUT2D eigenvalue weighted by molar-refractivity contribution is 5.81. The van der Waals surface area contributed by atoms with Gasteiger partial charge in [-0.3, -0.25) is 14.7 Å². The van der Waals surface area contributed by atoms with Crippen molar-refractivity contribution in [3.05, 3.63) is 66.0 Å². The molecule has 168 valence electrons. The minimum atomic E-state index is 0.314. The van der Waals surface area contributed by atoms with Crippen LogP contribution in [0.2, 0.25) is 0 Å². The Morgan fingerprint density at radius 2 is 1.91 bits per heavy atom. The molecular weight excluding hydrogens is 414 g/mol. The molecule has 33 heavy (non-hydrogen) atoms. The number of piperazine rings is 1. The van der Waals surface area contributed by atoms with Crippen LogP contribution < -0.4 is 0 Å². The van der Waals surface area contributed by atoms with Gasteiger partial charge in [0, 0.05) is 74.9 Å². The van der Waals surface area contributed by atoms with E-state index < -0.39 is 0 Å². The minimum absolute atomic E-state index is 0.314. The Balaban J connectivity index is 1.10. The lowest BCUT2D eigenvalue weighted by atomic mass is 10.1. The maximum Gasteiger partial charge on any atom is 0.225 e. The summed E-state index contributed by atoms with van der Waals surface area (Å²) in [7, 11) is 0. The Morgan fingerprint density at radius 3 is 2.70 bits per heavy atom. The molecule has 4 aromatic rings. The van der Waals surface area contributed by atoms with Crippen molar-refractivity contribution in [1.29, 1.82) is 0 Å². The summed E-state index contributed by atoms with van der Waals surface area (Å²) in [6.07, 6.45) is 8.27. The molecule has 0 bridgehead atoms. The van der Waals surface area contributed by atoms with Crippen LogP contribution in [0.4, 0.5) is 0 Å². The first-order valence-corrected chi connectivity index (χ1v) is 11.6. The number of H-pyrrole nitrogens is 2. The van der Waals surface area contributed by atoms with E-state index in [4.69, 9.17) is 4.98 Å². The quantitative estimate of drug-likeness (QED) is 0.480. The van der Waals surface area contributed by atoms with E-state index in [0.717, 1.165) is 79.5 Å². The number of pyridine rings is 1. The lowest BCUT2D eigenvalue weighted by Gasteiger charge is -2.35. The average molecular weight is 442 g/mol. The fraction of sp³-hybridized carbons (Fsp3) is 0.360. The molecule has 1 saturated heterocycles. The van der Waals surface area contributed by atoms with Gasteiger partial charge in [0.2, 0.25) is 5.91 Å². The van der Waals surface area contributed by atoms with Gasteiger partial charge in [0.15, 0.2) is 0 Å². The first-order valence-electron chi connectivity index (χ1n) is 11.6. The maximum absolute atomic E-state index is 12.3. The van der Waals surface area contributed by atoms with E-state index in [0.29, 0.717) is 18.2 Å². The third-order valence-electron chi connectivity index (χ3n) is 6.55. The van der Waals surface area contributed by atoms with Gasteiger partial charge in [-0.2, -0.15) is 0 Å². The van der Waals surface area contributed by atoms with Crippen molar-refractivity contribution in [3.63, 3.8) is 0 Å². The van der Waals surface area contributed by atoms with Crippen molar-refractivity contribution in [1.82, 2.24) is 34.7 Å². The zero-order valence-corrected chi connectivity index (χ0v) is 18.5. The molecule has 2 fully saturated rings. The molecule has 0 radical (unpaired) electrons. The number of rotatable bonds is 6. The summed E-state index contributed by atoms with van der Waals surface area (Å²) in [6, 6.07) is 10.4. The van der Waals surface area contributed by atoms with Gasteiger partial charge in [-0.1, -0.05) is 0 Å². The lowest BCUT2D eigenvalue weighted by Crippen LogP contribution is -2.48. The molecule has 4 heterocycles. The molecule has 3 aromatic heterocycles. The van der Waals surface area contributed by atoms with Gasteiger partial charge in [-0.25, -0.2) is 9.97 Å². The van der Waals surface area contributed by atoms with E-state index in [2.05, 4.69) is 43.0 Å². The third kappa shape index (κ3) is 4.39. The van der Waals surface area contributed by atoms with Crippen LogP contribution in [-0.4, -0.2) is 66.8 Å². The van der Waals surface area contributed by atoms with Crippen molar-refractivity contribution < 1.29 is 4.79 Å². The second-order valence-corrected chi connectivity index (χ2v) is 9.06. The Kier molecular flexibility index (Phi) is 5.14. The number of nitrogens with zero attached hydrogens (tertiary/aromatic N) is 5. The molecule has 6 rings (SSSR count). The predicted octanol–water partition coefficient (Wildman–Crippen LogP) is 2.99. The Labute approximate surface area is 192 Å². The van der Waals surface area contributed by atoms with Crippen molar-refractivity contribution >= 4 is 16.9 Å². The third-order valence-corrected chi connectivity index (χ3v) is 6.55. The van der Waals surface area contributed by atoms with Crippen LogP contribution in [0.3, 0.4) is 0 Å². The lowest BCUT2D eigenvalue weighted by molar-refractivity contribution is -0.134. The van der Waals surface area contributed by atoms with E-state index in [-0.39, 0.29) is 0 Å². The molecule has 8 heteroatoms. The molecule has 2 N–H and O–H groups in total. The summed E-state index contributed by atoms with van der Waals surface area (Å²) in [5.41, 5.74) is 5.21. The molecule has 1 amide bonds. The predicted molar refractivity (Wildman–Crippen MR) is 125 cm³/mol. The Morgan fingerprint density at radius 1 is 1.03 bits per heavy atom. The van der Waals surface area contributed by atoms with Gasteiger partial charge in [-0.15, -0.1) is 0 Å². The second kappa shape index (κ2) is 8.44. The van der Waals surface area contributed by atoms with E-state index in [1.54, 1.807) is 6.20 Å². The number of nitrogens with one attached hydrogen (secondary N) is 2. The monoisotopic (exact) mass is 441 g/mol. The molecule has 0 atom stereocenters. The first-order chi connectivity index (χ1) is 16.2. The topological polar surface area (TPSA) is 93.8 Å². The number of carbonyl (C=O) groups is 1. The number of imidazole rings is 2. The van der Waals surface area contributed by atoms with E-state index in [1.807, 2.05) is 29.4 Å². The zero-order valence-electron chi connectivity index (χ0n) is 18.5. The molecular formula is C25H27N7O. The van der Waals surface area contributed by atoms with Crippen LogP contribution in [0.5, 0.6) is 0 Å². The molecule has 0 spiro atoms. The van der Waals surface area contributed by atoms with Gasteiger partial charge in [0.05, 0.1) is 11.0 Å². The van der Waals surface area contributed by atoms with Crippen molar-refractivity contribution in [2.45, 2.75) is 25.8 Å². The van der Waals surface area contributed by atoms with E-state index >= 15 is 0 Å². The smallest absolute Gasteiger partial charge is 0.225 e. The van der Waals surface area contributed by atoms with Crippen LogP contribution in [0.1, 0.15) is 29.9 Å². The number of hydrogen-bond donors (Lipinski definition) is 2. The Hall–Kier alpha value is -3.52. The molecule has 1 aliphatic heterocycles. The number of aromatic nitrogens is 5. The van der Waals surface area contributed by atoms with Gasteiger partial charge < -0.3 is 14.9 Å². The van der Waals surface area contributed by atoms with E-state index in [9.17, 15) is 4.79 Å². The number of fused-ring (bicyclic) bond motifs is 1. The summed E-state index contributed by atoms with van der Waals surface area (Å²) in [5, 5.41) is 0.